The van der Waals surface area contributed by atoms with Crippen molar-refractivity contribution in [2.75, 3.05) is 19.0 Å². The summed E-state index contributed by atoms with van der Waals surface area (Å²) < 4.78 is 0.916. The second-order valence-electron chi connectivity index (χ2n) is 5.23. The van der Waals surface area contributed by atoms with Crippen LogP contribution in [0.2, 0.25) is 5.02 Å². The fourth-order valence-electron chi connectivity index (χ4n) is 1.86. The summed E-state index contributed by atoms with van der Waals surface area (Å²) in [6.07, 6.45) is 2.57. The summed E-state index contributed by atoms with van der Waals surface area (Å²) in [5, 5.41) is 13.6. The SMILES string of the molecule is CN(C)c1nnc(Sc2c(Cl)cccc2CNC2CC2)s1. The Morgan fingerprint density at radius 2 is 2.19 bits per heavy atom. The van der Waals surface area contributed by atoms with Crippen molar-refractivity contribution in [3.63, 3.8) is 0 Å². The summed E-state index contributed by atoms with van der Waals surface area (Å²) in [6.45, 7) is 0.854. The molecule has 1 N–H and O–H groups in total. The number of halogens is 1. The Kier molecular flexibility index (Phi) is 4.69. The highest BCUT2D eigenvalue weighted by Gasteiger charge is 2.21. The third kappa shape index (κ3) is 3.88. The van der Waals surface area contributed by atoms with Crippen LogP contribution in [0.25, 0.3) is 0 Å². The molecule has 7 heteroatoms. The zero-order chi connectivity index (χ0) is 14.8. The van der Waals surface area contributed by atoms with E-state index in [1.165, 1.54) is 18.4 Å². The zero-order valence-electron chi connectivity index (χ0n) is 12.0. The van der Waals surface area contributed by atoms with Crippen LogP contribution in [-0.2, 0) is 6.54 Å². The molecule has 0 radical (unpaired) electrons. The van der Waals surface area contributed by atoms with Gasteiger partial charge in [0.25, 0.3) is 0 Å². The summed E-state index contributed by atoms with van der Waals surface area (Å²) in [6, 6.07) is 6.74. The molecule has 1 aromatic carbocycles. The molecule has 0 amide bonds. The number of hydrogen-bond donors (Lipinski definition) is 1. The first kappa shape index (κ1) is 15.1. The maximum atomic E-state index is 6.38. The minimum absolute atomic E-state index is 0.684. The van der Waals surface area contributed by atoms with Crippen molar-refractivity contribution in [3.05, 3.63) is 28.8 Å². The molecule has 1 saturated carbocycles. The molecule has 0 bridgehead atoms. The van der Waals surface area contributed by atoms with Gasteiger partial charge >= 0.3 is 0 Å². The van der Waals surface area contributed by atoms with E-state index in [-0.39, 0.29) is 0 Å². The first-order chi connectivity index (χ1) is 10.1. The Morgan fingerprint density at radius 3 is 2.86 bits per heavy atom. The van der Waals surface area contributed by atoms with Crippen LogP contribution in [0.3, 0.4) is 0 Å². The highest BCUT2D eigenvalue weighted by molar-refractivity contribution is 8.01. The Morgan fingerprint density at radius 1 is 1.38 bits per heavy atom. The van der Waals surface area contributed by atoms with Crippen LogP contribution >= 0.6 is 34.7 Å². The van der Waals surface area contributed by atoms with Crippen molar-refractivity contribution in [2.45, 2.75) is 34.7 Å². The molecular formula is C14H17ClN4S2. The third-order valence-electron chi connectivity index (χ3n) is 3.17. The second-order valence-corrected chi connectivity index (χ2v) is 7.85. The van der Waals surface area contributed by atoms with Crippen LogP contribution in [0.15, 0.2) is 27.4 Å². The molecule has 1 heterocycles. The maximum absolute atomic E-state index is 6.38. The van der Waals surface area contributed by atoms with Gasteiger partial charge in [0.1, 0.15) is 0 Å². The molecule has 1 aromatic heterocycles. The fraction of sp³-hybridized carbons (Fsp3) is 0.429. The second kappa shape index (κ2) is 6.52. The standard InChI is InChI=1S/C14H17ClN4S2/c1-19(2)13-17-18-14(21-13)20-12-9(4-3-5-11(12)15)8-16-10-6-7-10/h3-5,10,16H,6-8H2,1-2H3. The van der Waals surface area contributed by atoms with Gasteiger partial charge in [-0.2, -0.15) is 0 Å². The Labute approximate surface area is 137 Å². The van der Waals surface area contributed by atoms with E-state index in [1.54, 1.807) is 23.1 Å². The third-order valence-corrected chi connectivity index (χ3v) is 5.93. The van der Waals surface area contributed by atoms with Crippen molar-refractivity contribution in [1.82, 2.24) is 15.5 Å². The minimum Gasteiger partial charge on any atom is -0.353 e. The topological polar surface area (TPSA) is 41.1 Å². The van der Waals surface area contributed by atoms with Gasteiger partial charge in [-0.1, -0.05) is 46.8 Å². The average Bonchev–Trinajstić information content (AvgIpc) is 3.16. The molecule has 1 aliphatic carbocycles. The lowest BCUT2D eigenvalue weighted by atomic mass is 10.2. The number of aromatic nitrogens is 2. The van der Waals surface area contributed by atoms with E-state index in [0.717, 1.165) is 25.9 Å². The van der Waals surface area contributed by atoms with Crippen LogP contribution < -0.4 is 10.2 Å². The van der Waals surface area contributed by atoms with Gasteiger partial charge in [-0.3, -0.25) is 0 Å². The summed E-state index contributed by atoms with van der Waals surface area (Å²) in [7, 11) is 3.94. The van der Waals surface area contributed by atoms with Gasteiger partial charge < -0.3 is 10.2 Å². The van der Waals surface area contributed by atoms with Crippen LogP contribution in [-0.4, -0.2) is 30.3 Å². The number of hydrogen-bond acceptors (Lipinski definition) is 6. The Hall–Kier alpha value is -0.820. The van der Waals surface area contributed by atoms with Crippen molar-refractivity contribution in [1.29, 1.82) is 0 Å². The van der Waals surface area contributed by atoms with E-state index in [4.69, 9.17) is 11.6 Å². The maximum Gasteiger partial charge on any atom is 0.208 e. The molecule has 0 aliphatic heterocycles. The van der Waals surface area contributed by atoms with E-state index in [2.05, 4.69) is 21.6 Å². The van der Waals surface area contributed by atoms with E-state index in [9.17, 15) is 0 Å². The van der Waals surface area contributed by atoms with Crippen LogP contribution in [0.4, 0.5) is 5.13 Å². The summed E-state index contributed by atoms with van der Waals surface area (Å²) >= 11 is 9.55. The van der Waals surface area contributed by atoms with Gasteiger partial charge in [-0.15, -0.1) is 10.2 Å². The molecule has 0 saturated heterocycles. The lowest BCUT2D eigenvalue weighted by Crippen LogP contribution is -2.15. The van der Waals surface area contributed by atoms with E-state index < -0.39 is 0 Å². The van der Waals surface area contributed by atoms with Crippen molar-refractivity contribution < 1.29 is 0 Å². The molecule has 1 aliphatic rings. The predicted molar refractivity (Wildman–Crippen MR) is 89.7 cm³/mol. The first-order valence-corrected chi connectivity index (χ1v) is 8.84. The summed E-state index contributed by atoms with van der Waals surface area (Å²) in [4.78, 5) is 3.04. The highest BCUT2D eigenvalue weighted by atomic mass is 35.5. The molecule has 0 unspecified atom stereocenters. The van der Waals surface area contributed by atoms with Crippen LogP contribution in [0, 0.1) is 0 Å². The van der Waals surface area contributed by atoms with Crippen LogP contribution in [0.5, 0.6) is 0 Å². The number of nitrogens with one attached hydrogen (secondary N) is 1. The highest BCUT2D eigenvalue weighted by Crippen LogP contribution is 2.38. The molecule has 3 rings (SSSR count). The molecular weight excluding hydrogens is 324 g/mol. The van der Waals surface area contributed by atoms with Gasteiger partial charge in [-0.25, -0.2) is 0 Å². The predicted octanol–water partition coefficient (Wildman–Crippen LogP) is 3.66. The lowest BCUT2D eigenvalue weighted by molar-refractivity contribution is 0.680. The van der Waals surface area contributed by atoms with Gasteiger partial charge in [0.15, 0.2) is 4.34 Å². The van der Waals surface area contributed by atoms with E-state index in [0.29, 0.717) is 6.04 Å². The molecule has 0 spiro atoms. The monoisotopic (exact) mass is 340 g/mol. The normalized spacial score (nSPS) is 14.4. The molecule has 21 heavy (non-hydrogen) atoms. The molecule has 0 atom stereocenters. The van der Waals surface area contributed by atoms with Gasteiger partial charge in [0.05, 0.1) is 5.02 Å². The molecule has 2 aromatic rings. The quantitative estimate of drug-likeness (QED) is 0.869. The van der Waals surface area contributed by atoms with Gasteiger partial charge in [-0.05, 0) is 24.5 Å². The van der Waals surface area contributed by atoms with E-state index in [1.807, 2.05) is 31.1 Å². The Bertz CT molecular complexity index is 625. The number of rotatable bonds is 6. The number of nitrogens with zero attached hydrogens (tertiary/aromatic N) is 3. The summed E-state index contributed by atoms with van der Waals surface area (Å²) in [5.41, 5.74) is 1.22. The van der Waals surface area contributed by atoms with Gasteiger partial charge in [0, 0.05) is 31.6 Å². The fourth-order valence-corrected chi connectivity index (χ4v) is 4.01. The van der Waals surface area contributed by atoms with E-state index >= 15 is 0 Å². The summed E-state index contributed by atoms with van der Waals surface area (Å²) in [5.74, 6) is 0. The Balaban J connectivity index is 1.78. The average molecular weight is 341 g/mol. The van der Waals surface area contributed by atoms with Crippen molar-refractivity contribution >= 4 is 39.8 Å². The number of anilines is 1. The smallest absolute Gasteiger partial charge is 0.208 e. The van der Waals surface area contributed by atoms with Crippen LogP contribution in [0.1, 0.15) is 18.4 Å². The molecule has 112 valence electrons. The zero-order valence-corrected chi connectivity index (χ0v) is 14.4. The van der Waals surface area contributed by atoms with Crippen molar-refractivity contribution in [3.8, 4) is 0 Å². The number of benzene rings is 1. The first-order valence-electron chi connectivity index (χ1n) is 6.83. The molecule has 4 nitrogen and oxygen atoms in total. The van der Waals surface area contributed by atoms with Gasteiger partial charge in [0.2, 0.25) is 5.13 Å². The largest absolute Gasteiger partial charge is 0.353 e. The lowest BCUT2D eigenvalue weighted by Gasteiger charge is -2.10. The van der Waals surface area contributed by atoms with Crippen molar-refractivity contribution in [2.24, 2.45) is 0 Å². The molecule has 1 fully saturated rings. The minimum atomic E-state index is 0.684.